The van der Waals surface area contributed by atoms with Crippen LogP contribution in [-0.2, 0) is 22.6 Å². The molecule has 1 fully saturated rings. The fourth-order valence-corrected chi connectivity index (χ4v) is 7.07. The van der Waals surface area contributed by atoms with Crippen molar-refractivity contribution in [1.82, 2.24) is 15.3 Å². The molecule has 1 saturated heterocycles. The number of amides is 2. The Kier molecular flexibility index (Phi) is 11.7. The highest BCUT2D eigenvalue weighted by Crippen LogP contribution is 2.43. The number of rotatable bonds is 12. The summed E-state index contributed by atoms with van der Waals surface area (Å²) in [7, 11) is 0. The summed E-state index contributed by atoms with van der Waals surface area (Å²) in [6.45, 7) is 2.50. The van der Waals surface area contributed by atoms with Crippen LogP contribution in [-0.4, -0.2) is 33.0 Å². The standard InChI is InChI=1S/C43H40N4O5S/c1-29-39(28-53-43-44-23-6-24-45-43)51-41(52-40(29)33-13-11-30(27-48)12-14-33)34-17-15-32(16-18-34)35-8-5-7-31(25-35)26-46-42(49)47-36-19-21-38(22-20-36)50-37-9-3-2-4-10-37/h2-25,29,39-41,48H,26-28H2,1H3,(H2,46,47,49)/t29-,39+,40+,41+/m0/s1. The highest BCUT2D eigenvalue weighted by atomic mass is 32.2. The maximum atomic E-state index is 12.7. The first-order chi connectivity index (χ1) is 26.0. The zero-order valence-corrected chi connectivity index (χ0v) is 30.0. The van der Waals surface area contributed by atoms with E-state index in [0.29, 0.717) is 28.9 Å². The molecule has 1 aromatic heterocycles. The van der Waals surface area contributed by atoms with Crippen LogP contribution in [0.25, 0.3) is 11.1 Å². The van der Waals surface area contributed by atoms with Gasteiger partial charge in [-0.05, 0) is 76.3 Å². The van der Waals surface area contributed by atoms with E-state index in [1.807, 2.05) is 91.0 Å². The smallest absolute Gasteiger partial charge is 0.319 e. The predicted molar refractivity (Wildman–Crippen MR) is 206 cm³/mol. The molecule has 9 nitrogen and oxygen atoms in total. The molecular formula is C43H40N4O5S. The second-order valence-electron chi connectivity index (χ2n) is 12.7. The second-order valence-corrected chi connectivity index (χ2v) is 13.7. The van der Waals surface area contributed by atoms with Gasteiger partial charge in [-0.3, -0.25) is 0 Å². The molecule has 6 aromatic rings. The first-order valence-corrected chi connectivity index (χ1v) is 18.5. The molecular weight excluding hydrogens is 685 g/mol. The Labute approximate surface area is 313 Å². The van der Waals surface area contributed by atoms with E-state index < -0.39 is 6.29 Å². The summed E-state index contributed by atoms with van der Waals surface area (Å²) < 4.78 is 19.1. The Hall–Kier alpha value is -5.52. The molecule has 53 heavy (non-hydrogen) atoms. The Morgan fingerprint density at radius 1 is 0.755 bits per heavy atom. The first-order valence-electron chi connectivity index (χ1n) is 17.5. The molecule has 1 aliphatic heterocycles. The fourth-order valence-electron chi connectivity index (χ4n) is 6.11. The number of benzene rings is 5. The average molecular weight is 725 g/mol. The van der Waals surface area contributed by atoms with E-state index in [2.05, 4.69) is 51.8 Å². The van der Waals surface area contributed by atoms with Crippen LogP contribution in [0.4, 0.5) is 10.5 Å². The number of aromatic nitrogens is 2. The van der Waals surface area contributed by atoms with E-state index in [-0.39, 0.29) is 30.8 Å². The quantitative estimate of drug-likeness (QED) is 0.0845. The summed E-state index contributed by atoms with van der Waals surface area (Å²) >= 11 is 1.57. The third-order valence-electron chi connectivity index (χ3n) is 9.03. The Bertz CT molecular complexity index is 2070. The number of aliphatic hydroxyl groups is 1. The maximum absolute atomic E-state index is 12.7. The van der Waals surface area contributed by atoms with Gasteiger partial charge in [-0.1, -0.05) is 104 Å². The predicted octanol–water partition coefficient (Wildman–Crippen LogP) is 9.33. The van der Waals surface area contributed by atoms with Crippen molar-refractivity contribution in [2.24, 2.45) is 5.92 Å². The minimum absolute atomic E-state index is 0.00779. The van der Waals surface area contributed by atoms with E-state index >= 15 is 0 Å². The van der Waals surface area contributed by atoms with Crippen molar-refractivity contribution >= 4 is 23.5 Å². The Morgan fingerprint density at radius 3 is 2.21 bits per heavy atom. The fraction of sp³-hybridized carbons (Fsp3) is 0.186. The number of hydrogen-bond donors (Lipinski definition) is 3. The van der Waals surface area contributed by atoms with Crippen LogP contribution < -0.4 is 15.4 Å². The second kappa shape index (κ2) is 17.3. The number of para-hydroxylation sites is 1. The van der Waals surface area contributed by atoms with Gasteiger partial charge < -0.3 is 30.0 Å². The zero-order chi connectivity index (χ0) is 36.4. The lowest BCUT2D eigenvalue weighted by molar-refractivity contribution is -0.268. The number of thioether (sulfide) groups is 1. The van der Waals surface area contributed by atoms with Crippen LogP contribution in [0.15, 0.2) is 151 Å². The number of aliphatic hydroxyl groups excluding tert-OH is 1. The van der Waals surface area contributed by atoms with Crippen LogP contribution >= 0.6 is 11.8 Å². The molecule has 4 atom stereocenters. The molecule has 2 heterocycles. The van der Waals surface area contributed by atoms with Gasteiger partial charge in [0, 0.05) is 41.9 Å². The number of urea groups is 1. The van der Waals surface area contributed by atoms with Gasteiger partial charge in [-0.2, -0.15) is 0 Å². The first kappa shape index (κ1) is 35.9. The van der Waals surface area contributed by atoms with E-state index in [4.69, 9.17) is 14.2 Å². The number of nitrogens with zero attached hydrogens (tertiary/aromatic N) is 2. The number of anilines is 1. The molecule has 0 saturated carbocycles. The molecule has 268 valence electrons. The number of nitrogens with one attached hydrogen (secondary N) is 2. The van der Waals surface area contributed by atoms with Crippen molar-refractivity contribution in [1.29, 1.82) is 0 Å². The van der Waals surface area contributed by atoms with Gasteiger partial charge in [-0.15, -0.1) is 0 Å². The summed E-state index contributed by atoms with van der Waals surface area (Å²) in [5.41, 5.74) is 6.51. The van der Waals surface area contributed by atoms with Crippen molar-refractivity contribution in [3.05, 3.63) is 168 Å². The van der Waals surface area contributed by atoms with E-state index in [9.17, 15) is 9.90 Å². The lowest BCUT2D eigenvalue weighted by Crippen LogP contribution is -2.38. The molecule has 5 aromatic carbocycles. The highest BCUT2D eigenvalue weighted by Gasteiger charge is 2.38. The van der Waals surface area contributed by atoms with Crippen molar-refractivity contribution in [2.45, 2.75) is 43.7 Å². The molecule has 3 N–H and O–H groups in total. The van der Waals surface area contributed by atoms with Crippen molar-refractivity contribution in [3.8, 4) is 22.6 Å². The van der Waals surface area contributed by atoms with Crippen molar-refractivity contribution in [2.75, 3.05) is 11.1 Å². The molecule has 0 unspecified atom stereocenters. The third kappa shape index (κ3) is 9.48. The minimum atomic E-state index is -0.577. The summed E-state index contributed by atoms with van der Waals surface area (Å²) in [6.07, 6.45) is 2.57. The maximum Gasteiger partial charge on any atom is 0.319 e. The van der Waals surface area contributed by atoms with Gasteiger partial charge in [0.2, 0.25) is 0 Å². The van der Waals surface area contributed by atoms with Crippen LogP contribution in [0.2, 0.25) is 0 Å². The minimum Gasteiger partial charge on any atom is -0.457 e. The molecule has 0 spiro atoms. The summed E-state index contributed by atoms with van der Waals surface area (Å²) in [5, 5.41) is 16.1. The number of carbonyl (C=O) groups is 1. The van der Waals surface area contributed by atoms with Gasteiger partial charge in [0.1, 0.15) is 11.5 Å². The molecule has 1 aliphatic rings. The lowest BCUT2D eigenvalue weighted by Gasteiger charge is -2.41. The number of ether oxygens (including phenoxy) is 3. The zero-order valence-electron chi connectivity index (χ0n) is 29.2. The van der Waals surface area contributed by atoms with Gasteiger partial charge in [0.15, 0.2) is 11.4 Å². The lowest BCUT2D eigenvalue weighted by atomic mass is 9.91. The van der Waals surface area contributed by atoms with Gasteiger partial charge in [-0.25, -0.2) is 14.8 Å². The Balaban J connectivity index is 0.983. The van der Waals surface area contributed by atoms with E-state index in [1.165, 1.54) is 0 Å². The van der Waals surface area contributed by atoms with Gasteiger partial charge in [0.05, 0.1) is 18.8 Å². The van der Waals surface area contributed by atoms with Crippen LogP contribution in [0.1, 0.15) is 41.6 Å². The number of carbonyl (C=O) groups excluding carboxylic acids is 1. The highest BCUT2D eigenvalue weighted by molar-refractivity contribution is 7.99. The summed E-state index contributed by atoms with van der Waals surface area (Å²) in [6, 6.07) is 42.5. The molecule has 0 aliphatic carbocycles. The van der Waals surface area contributed by atoms with Crippen molar-refractivity contribution < 1.29 is 24.1 Å². The average Bonchev–Trinajstić information content (AvgIpc) is 3.21. The van der Waals surface area contributed by atoms with E-state index in [0.717, 1.165) is 39.1 Å². The van der Waals surface area contributed by atoms with Crippen molar-refractivity contribution in [3.63, 3.8) is 0 Å². The largest absolute Gasteiger partial charge is 0.457 e. The molecule has 0 bridgehead atoms. The van der Waals surface area contributed by atoms with Crippen LogP contribution in [0.5, 0.6) is 11.5 Å². The molecule has 0 radical (unpaired) electrons. The molecule has 2 amide bonds. The summed E-state index contributed by atoms with van der Waals surface area (Å²) in [5.74, 6) is 2.16. The number of hydrogen-bond acceptors (Lipinski definition) is 8. The third-order valence-corrected chi connectivity index (χ3v) is 9.99. The van der Waals surface area contributed by atoms with Gasteiger partial charge >= 0.3 is 6.03 Å². The van der Waals surface area contributed by atoms with Gasteiger partial charge in [0.25, 0.3) is 0 Å². The summed E-state index contributed by atoms with van der Waals surface area (Å²) in [4.78, 5) is 21.4. The molecule has 7 rings (SSSR count). The van der Waals surface area contributed by atoms with E-state index in [1.54, 1.807) is 42.4 Å². The monoisotopic (exact) mass is 724 g/mol. The normalized spacial score (nSPS) is 18.2. The Morgan fingerprint density at radius 2 is 1.47 bits per heavy atom. The SMILES string of the molecule is C[C@H]1[C@@H](CSc2ncccn2)O[C@@H](c2ccc(-c3cccc(CNC(=O)Nc4ccc(Oc5ccccc5)cc4)c3)cc2)O[C@H]1c1ccc(CO)cc1. The van der Waals surface area contributed by atoms with Crippen LogP contribution in [0, 0.1) is 5.92 Å². The molecule has 10 heteroatoms. The topological polar surface area (TPSA) is 115 Å². The van der Waals surface area contributed by atoms with Crippen LogP contribution in [0.3, 0.4) is 0 Å².